The number of nitrogens with zero attached hydrogens (tertiary/aromatic N) is 1. The molecule has 3 heteroatoms. The largest absolute Gasteiger partial charge is 0.299 e. The fourth-order valence-electron chi connectivity index (χ4n) is 2.09. The van der Waals surface area contributed by atoms with Gasteiger partial charge in [-0.25, -0.2) is 0 Å². The van der Waals surface area contributed by atoms with Crippen LogP contribution in [0.15, 0.2) is 0 Å². The second-order valence-corrected chi connectivity index (χ2v) is 4.80. The average molecular weight is 201 g/mol. The topological polar surface area (TPSA) is 20.3 Å². The number of hydrogen-bond acceptors (Lipinski definition) is 2. The minimum Gasteiger partial charge on any atom is -0.299 e. The van der Waals surface area contributed by atoms with Crippen LogP contribution in [-0.2, 0) is 4.79 Å². The Kier molecular flexibility index (Phi) is 4.34. The number of hydrogen-bond donors (Lipinski definition) is 0. The van der Waals surface area contributed by atoms with E-state index in [0.717, 1.165) is 28.2 Å². The van der Waals surface area contributed by atoms with Crippen molar-refractivity contribution in [1.82, 2.24) is 4.67 Å². The summed E-state index contributed by atoms with van der Waals surface area (Å²) in [5, 5.41) is 0. The van der Waals surface area contributed by atoms with E-state index >= 15 is 0 Å². The maximum absolute atomic E-state index is 11.6. The molecule has 13 heavy (non-hydrogen) atoms. The fourth-order valence-corrected chi connectivity index (χ4v) is 2.89. The van der Waals surface area contributed by atoms with Gasteiger partial charge in [-0.3, -0.25) is 9.46 Å². The van der Waals surface area contributed by atoms with Gasteiger partial charge in [-0.2, -0.15) is 0 Å². The van der Waals surface area contributed by atoms with E-state index in [1.807, 2.05) is 6.92 Å². The molecule has 0 spiro atoms. The van der Waals surface area contributed by atoms with Gasteiger partial charge in [0.05, 0.1) is 0 Å². The van der Waals surface area contributed by atoms with E-state index in [4.69, 9.17) is 0 Å². The first-order valence-electron chi connectivity index (χ1n) is 5.17. The lowest BCUT2D eigenvalue weighted by atomic mass is 9.89. The third kappa shape index (κ3) is 2.51. The number of carbonyl (C=O) groups excluding carboxylic acids is 1. The molecule has 0 bridgehead atoms. The number of rotatable bonds is 4. The normalized spacial score (nSPS) is 30.4. The predicted molar refractivity (Wildman–Crippen MR) is 58.4 cm³/mol. The Morgan fingerprint density at radius 1 is 1.46 bits per heavy atom. The molecule has 1 heterocycles. The van der Waals surface area contributed by atoms with Gasteiger partial charge in [0.2, 0.25) is 0 Å². The predicted octanol–water partition coefficient (Wildman–Crippen LogP) is 2.15. The van der Waals surface area contributed by atoms with Crippen LogP contribution in [0.25, 0.3) is 0 Å². The molecule has 0 aromatic heterocycles. The van der Waals surface area contributed by atoms with E-state index in [1.165, 1.54) is 0 Å². The van der Waals surface area contributed by atoms with Crippen molar-refractivity contribution in [3.63, 3.8) is 0 Å². The van der Waals surface area contributed by atoms with Crippen LogP contribution in [0, 0.1) is 11.8 Å². The van der Waals surface area contributed by atoms with Gasteiger partial charge in [-0.05, 0) is 12.6 Å². The summed E-state index contributed by atoms with van der Waals surface area (Å²) in [7, 11) is 0.862. The maximum Gasteiger partial charge on any atom is 0.137 e. The standard InChI is InChI=1S/C10H20NOP/c1-4-8-6-11(13-3)7-9(8)10(12)5-2/h8-9,13H,4-7H2,1-3H3/t8-,9+/m1/s1. The molecule has 1 saturated heterocycles. The minimum absolute atomic E-state index is 0.336. The molecule has 0 aromatic rings. The van der Waals surface area contributed by atoms with Crippen molar-refractivity contribution in [1.29, 1.82) is 0 Å². The first-order chi connectivity index (χ1) is 6.22. The van der Waals surface area contributed by atoms with Crippen LogP contribution in [-0.4, -0.2) is 30.2 Å². The second-order valence-electron chi connectivity index (χ2n) is 3.72. The highest BCUT2D eigenvalue weighted by Crippen LogP contribution is 2.32. The zero-order chi connectivity index (χ0) is 9.84. The van der Waals surface area contributed by atoms with Gasteiger partial charge in [0.1, 0.15) is 5.78 Å². The van der Waals surface area contributed by atoms with Crippen molar-refractivity contribution < 1.29 is 4.79 Å². The SMILES string of the molecule is CCC(=O)[C@H]1CN(PC)C[C@H]1CC. The van der Waals surface area contributed by atoms with Crippen LogP contribution in [0.5, 0.6) is 0 Å². The molecule has 1 aliphatic rings. The summed E-state index contributed by atoms with van der Waals surface area (Å²) in [5.41, 5.74) is 0. The van der Waals surface area contributed by atoms with Crippen molar-refractivity contribution >= 4 is 14.5 Å². The van der Waals surface area contributed by atoms with Crippen molar-refractivity contribution in [2.24, 2.45) is 11.8 Å². The molecule has 0 saturated carbocycles. The van der Waals surface area contributed by atoms with E-state index in [0.29, 0.717) is 24.0 Å². The van der Waals surface area contributed by atoms with Crippen LogP contribution in [0.4, 0.5) is 0 Å². The highest BCUT2D eigenvalue weighted by atomic mass is 31.1. The van der Waals surface area contributed by atoms with Gasteiger partial charge in [0, 0.05) is 25.4 Å². The second kappa shape index (κ2) is 5.07. The van der Waals surface area contributed by atoms with Crippen LogP contribution >= 0.6 is 8.73 Å². The molecule has 0 amide bonds. The van der Waals surface area contributed by atoms with Crippen molar-refractivity contribution in [2.45, 2.75) is 26.7 Å². The number of Topliss-reactive ketones (excluding diaryl/α,β-unsaturated/α-hetero) is 1. The van der Waals surface area contributed by atoms with Crippen molar-refractivity contribution in [3.8, 4) is 0 Å². The Bertz CT molecular complexity index is 184. The molecule has 0 N–H and O–H groups in total. The fraction of sp³-hybridized carbons (Fsp3) is 0.900. The summed E-state index contributed by atoms with van der Waals surface area (Å²) in [6.07, 6.45) is 1.86. The molecule has 1 fully saturated rings. The van der Waals surface area contributed by atoms with Crippen LogP contribution in [0.1, 0.15) is 26.7 Å². The zero-order valence-corrected chi connectivity index (χ0v) is 9.84. The molecule has 1 unspecified atom stereocenters. The van der Waals surface area contributed by atoms with Crippen LogP contribution < -0.4 is 0 Å². The lowest BCUT2D eigenvalue weighted by molar-refractivity contribution is -0.123. The number of ketones is 1. The van der Waals surface area contributed by atoms with E-state index in [1.54, 1.807) is 0 Å². The van der Waals surface area contributed by atoms with Gasteiger partial charge < -0.3 is 0 Å². The first-order valence-corrected chi connectivity index (χ1v) is 6.62. The highest BCUT2D eigenvalue weighted by Gasteiger charge is 2.34. The molecule has 0 aromatic carbocycles. The van der Waals surface area contributed by atoms with Gasteiger partial charge in [-0.15, -0.1) is 0 Å². The molecular formula is C10H20NOP. The summed E-state index contributed by atoms with van der Waals surface area (Å²) in [6.45, 7) is 8.53. The van der Waals surface area contributed by atoms with Gasteiger partial charge in [0.25, 0.3) is 0 Å². The minimum atomic E-state index is 0.336. The molecular weight excluding hydrogens is 181 g/mol. The lowest BCUT2D eigenvalue weighted by Crippen LogP contribution is -2.21. The molecule has 1 aliphatic heterocycles. The third-order valence-corrected chi connectivity index (χ3v) is 4.04. The Morgan fingerprint density at radius 3 is 2.62 bits per heavy atom. The average Bonchev–Trinajstić information content (AvgIpc) is 2.59. The van der Waals surface area contributed by atoms with E-state index in [-0.39, 0.29) is 0 Å². The Balaban J connectivity index is 2.57. The monoisotopic (exact) mass is 201 g/mol. The first kappa shape index (κ1) is 11.1. The molecule has 3 atom stereocenters. The zero-order valence-electron chi connectivity index (χ0n) is 8.84. The van der Waals surface area contributed by atoms with Gasteiger partial charge in [-0.1, -0.05) is 29.0 Å². The Morgan fingerprint density at radius 2 is 2.15 bits per heavy atom. The Hall–Kier alpha value is 0.0600. The molecule has 1 rings (SSSR count). The summed E-state index contributed by atoms with van der Waals surface area (Å²) >= 11 is 0. The summed E-state index contributed by atoms with van der Waals surface area (Å²) in [5.74, 6) is 1.43. The van der Waals surface area contributed by atoms with E-state index in [2.05, 4.69) is 18.3 Å². The smallest absolute Gasteiger partial charge is 0.137 e. The third-order valence-electron chi connectivity index (χ3n) is 3.04. The summed E-state index contributed by atoms with van der Waals surface area (Å²) in [6, 6.07) is 0. The molecule has 2 nitrogen and oxygen atoms in total. The van der Waals surface area contributed by atoms with Gasteiger partial charge in [0.15, 0.2) is 0 Å². The maximum atomic E-state index is 11.6. The molecule has 0 aliphatic carbocycles. The number of carbonyl (C=O) groups is 1. The van der Waals surface area contributed by atoms with E-state index in [9.17, 15) is 4.79 Å². The van der Waals surface area contributed by atoms with Crippen molar-refractivity contribution in [3.05, 3.63) is 0 Å². The quantitative estimate of drug-likeness (QED) is 0.649. The summed E-state index contributed by atoms with van der Waals surface area (Å²) < 4.78 is 2.42. The molecule has 0 radical (unpaired) electrons. The van der Waals surface area contributed by atoms with Gasteiger partial charge >= 0.3 is 0 Å². The summed E-state index contributed by atoms with van der Waals surface area (Å²) in [4.78, 5) is 11.6. The Labute approximate surface area is 82.9 Å². The highest BCUT2D eigenvalue weighted by molar-refractivity contribution is 7.34. The molecule has 76 valence electrons. The van der Waals surface area contributed by atoms with Crippen LogP contribution in [0.3, 0.4) is 0 Å². The van der Waals surface area contributed by atoms with Crippen molar-refractivity contribution in [2.75, 3.05) is 19.8 Å². The lowest BCUT2D eigenvalue weighted by Gasteiger charge is -2.13. The van der Waals surface area contributed by atoms with Crippen LogP contribution in [0.2, 0.25) is 0 Å². The van der Waals surface area contributed by atoms with E-state index < -0.39 is 0 Å².